The predicted octanol–water partition coefficient (Wildman–Crippen LogP) is 6.13. The third-order valence-corrected chi connectivity index (χ3v) is 6.61. The number of carboxylic acids is 1. The molecule has 1 unspecified atom stereocenters. The van der Waals surface area contributed by atoms with E-state index in [4.69, 9.17) is 14.6 Å². The zero-order valence-electron chi connectivity index (χ0n) is 20.8. The van der Waals surface area contributed by atoms with Crippen LogP contribution >= 0.6 is 15.9 Å². The fourth-order valence-electron chi connectivity index (χ4n) is 4.39. The summed E-state index contributed by atoms with van der Waals surface area (Å²) >= 11 is 3.56. The molecule has 1 fully saturated rings. The van der Waals surface area contributed by atoms with Gasteiger partial charge in [0.25, 0.3) is 0 Å². The van der Waals surface area contributed by atoms with Crippen molar-refractivity contribution in [2.24, 2.45) is 0 Å². The largest absolute Gasteiger partial charge is 0.491 e. The third kappa shape index (κ3) is 7.59. The lowest BCUT2D eigenvalue weighted by Gasteiger charge is -2.19. The lowest BCUT2D eigenvalue weighted by Crippen LogP contribution is -2.33. The summed E-state index contributed by atoms with van der Waals surface area (Å²) in [6, 6.07) is 20.5. The molecule has 7 nitrogen and oxygen atoms in total. The molecule has 0 bridgehead atoms. The average molecular weight is 606 g/mol. The van der Waals surface area contributed by atoms with Crippen LogP contribution in [0, 0.1) is 0 Å². The highest BCUT2D eigenvalue weighted by molar-refractivity contribution is 9.10. The summed E-state index contributed by atoms with van der Waals surface area (Å²) in [6.07, 6.45) is -1.31. The molecule has 39 heavy (non-hydrogen) atoms. The van der Waals surface area contributed by atoms with Crippen LogP contribution in [0.2, 0.25) is 0 Å². The van der Waals surface area contributed by atoms with Gasteiger partial charge in [-0.05, 0) is 71.2 Å². The van der Waals surface area contributed by atoms with Crippen LogP contribution in [0.3, 0.4) is 0 Å². The summed E-state index contributed by atoms with van der Waals surface area (Å²) in [6.45, 7) is 3.13. The molecule has 5 rings (SSSR count). The highest BCUT2D eigenvalue weighted by atomic mass is 79.9. The van der Waals surface area contributed by atoms with E-state index in [-0.39, 0.29) is 0 Å². The van der Waals surface area contributed by atoms with E-state index in [9.17, 15) is 18.3 Å². The van der Waals surface area contributed by atoms with Gasteiger partial charge in [0.2, 0.25) is 0 Å². The molecule has 3 N–H and O–H groups in total. The Bertz CT molecular complexity index is 1390. The summed E-state index contributed by atoms with van der Waals surface area (Å²) in [4.78, 5) is 19.2. The number of aromatic nitrogens is 2. The number of aliphatic carboxylic acids is 1. The Kier molecular flexibility index (Phi) is 9.26. The number of likely N-dealkylation sites (tertiary alicyclic amines) is 1. The molecule has 206 valence electrons. The quantitative estimate of drug-likeness (QED) is 0.234. The van der Waals surface area contributed by atoms with Crippen LogP contribution in [0.5, 0.6) is 5.75 Å². The molecule has 1 atom stereocenters. The number of β-amino-alcohol motifs (C(OH)–C–C–N with tert-alkyl or cyclic N) is 1. The monoisotopic (exact) mass is 605 g/mol. The molecular formula is C28H27BrF3N3O4. The first-order chi connectivity index (χ1) is 18.6. The molecule has 2 aromatic carbocycles. The average Bonchev–Trinajstić information content (AvgIpc) is 3.56. The van der Waals surface area contributed by atoms with Crippen LogP contribution < -0.4 is 4.74 Å². The van der Waals surface area contributed by atoms with Gasteiger partial charge in [0.05, 0.1) is 5.69 Å². The van der Waals surface area contributed by atoms with E-state index in [0.29, 0.717) is 13.2 Å². The molecule has 4 aromatic rings. The fraction of sp³-hybridized carbons (Fsp3) is 0.286. The van der Waals surface area contributed by atoms with E-state index in [1.165, 1.54) is 12.8 Å². The number of hydrogen-bond acceptors (Lipinski definition) is 5. The number of carboxylic acid groups (broad SMARTS) is 1. The predicted molar refractivity (Wildman–Crippen MR) is 146 cm³/mol. The number of nitrogens with one attached hydrogen (secondary N) is 1. The Morgan fingerprint density at radius 1 is 1.08 bits per heavy atom. The maximum atomic E-state index is 10.6. The Hall–Kier alpha value is -3.41. The van der Waals surface area contributed by atoms with Crippen molar-refractivity contribution < 1.29 is 32.9 Å². The fourth-order valence-corrected chi connectivity index (χ4v) is 4.72. The van der Waals surface area contributed by atoms with Crippen molar-refractivity contribution in [1.29, 1.82) is 0 Å². The molecule has 1 aliphatic rings. The molecular weight excluding hydrogens is 579 g/mol. The number of pyridine rings is 1. The van der Waals surface area contributed by atoms with Gasteiger partial charge in [-0.1, -0.05) is 42.5 Å². The highest BCUT2D eigenvalue weighted by Gasteiger charge is 2.38. The van der Waals surface area contributed by atoms with Gasteiger partial charge in [0.1, 0.15) is 24.1 Å². The van der Waals surface area contributed by atoms with E-state index in [1.807, 2.05) is 36.5 Å². The maximum Gasteiger partial charge on any atom is 0.490 e. The molecule has 0 spiro atoms. The van der Waals surface area contributed by atoms with E-state index >= 15 is 0 Å². The number of aromatic amines is 1. The lowest BCUT2D eigenvalue weighted by molar-refractivity contribution is -0.192. The minimum atomic E-state index is -5.08. The van der Waals surface area contributed by atoms with E-state index in [2.05, 4.69) is 61.1 Å². The van der Waals surface area contributed by atoms with E-state index < -0.39 is 18.2 Å². The molecule has 0 aliphatic carbocycles. The topological polar surface area (TPSA) is 98.7 Å². The zero-order valence-corrected chi connectivity index (χ0v) is 22.4. The summed E-state index contributed by atoms with van der Waals surface area (Å²) in [7, 11) is 0. The number of benzene rings is 2. The summed E-state index contributed by atoms with van der Waals surface area (Å²) in [5.41, 5.74) is 5.20. The van der Waals surface area contributed by atoms with Crippen molar-refractivity contribution >= 4 is 32.9 Å². The van der Waals surface area contributed by atoms with Crippen LogP contribution in [-0.2, 0) is 4.79 Å². The van der Waals surface area contributed by atoms with Crippen LogP contribution in [0.4, 0.5) is 13.2 Å². The number of ether oxygens (including phenoxy) is 1. The second kappa shape index (κ2) is 12.6. The number of H-pyrrole nitrogens is 1. The number of hydrogen-bond donors (Lipinski definition) is 3. The Morgan fingerprint density at radius 3 is 2.33 bits per heavy atom. The SMILES string of the molecule is O=C(O)C(F)(F)F.OC(COc1ccc(-c2c(-c3ccccc3)[nH]c3ncc(Br)cc23)cc1)CN1CCCC1. The Balaban J connectivity index is 0.000000448. The van der Waals surface area contributed by atoms with Gasteiger partial charge in [-0.25, -0.2) is 9.78 Å². The van der Waals surface area contributed by atoms with Crippen LogP contribution in [0.25, 0.3) is 33.4 Å². The van der Waals surface area contributed by atoms with Gasteiger partial charge >= 0.3 is 12.1 Å². The lowest BCUT2D eigenvalue weighted by atomic mass is 9.99. The van der Waals surface area contributed by atoms with Crippen molar-refractivity contribution in [3.63, 3.8) is 0 Å². The van der Waals surface area contributed by atoms with Gasteiger partial charge in [-0.15, -0.1) is 0 Å². The number of nitrogens with zero attached hydrogens (tertiary/aromatic N) is 2. The zero-order chi connectivity index (χ0) is 28.0. The number of halogens is 4. The molecule has 0 saturated carbocycles. The first-order valence-corrected chi connectivity index (χ1v) is 13.1. The number of rotatable bonds is 7. The minimum absolute atomic E-state index is 0.301. The Labute approximate surface area is 231 Å². The smallest absolute Gasteiger partial charge is 0.490 e. The number of fused-ring (bicyclic) bond motifs is 1. The van der Waals surface area contributed by atoms with Crippen LogP contribution in [0.1, 0.15) is 12.8 Å². The summed E-state index contributed by atoms with van der Waals surface area (Å²) in [5.74, 6) is -2.00. The first kappa shape index (κ1) is 28.6. The van der Waals surface area contributed by atoms with Crippen molar-refractivity contribution in [3.05, 3.63) is 71.3 Å². The van der Waals surface area contributed by atoms with Gasteiger partial charge < -0.3 is 24.8 Å². The van der Waals surface area contributed by atoms with Crippen molar-refractivity contribution in [2.45, 2.75) is 25.1 Å². The minimum Gasteiger partial charge on any atom is -0.491 e. The third-order valence-electron chi connectivity index (χ3n) is 6.18. The summed E-state index contributed by atoms with van der Waals surface area (Å²) in [5, 5.41) is 18.5. The highest BCUT2D eigenvalue weighted by Crippen LogP contribution is 2.39. The van der Waals surface area contributed by atoms with Gasteiger partial charge in [0, 0.05) is 28.2 Å². The number of alkyl halides is 3. The van der Waals surface area contributed by atoms with Gasteiger partial charge in [-0.2, -0.15) is 13.2 Å². The number of aliphatic hydroxyl groups is 1. The van der Waals surface area contributed by atoms with Crippen molar-refractivity contribution in [3.8, 4) is 28.1 Å². The second-order valence-electron chi connectivity index (χ2n) is 9.09. The molecule has 2 aromatic heterocycles. The van der Waals surface area contributed by atoms with E-state index in [1.54, 1.807) is 0 Å². The molecule has 1 saturated heterocycles. The molecule has 1 aliphatic heterocycles. The molecule has 0 amide bonds. The summed E-state index contributed by atoms with van der Waals surface area (Å²) < 4.78 is 38.5. The van der Waals surface area contributed by atoms with Crippen molar-refractivity contribution in [2.75, 3.05) is 26.2 Å². The standard InChI is InChI=1S/C26H26BrN3O2.C2HF3O2/c27-20-14-23-24(25(29-26(23)28-15-20)19-6-2-1-3-7-19)18-8-10-22(11-9-18)32-17-21(31)16-30-12-4-5-13-30;3-2(4,5)1(6)7/h1-3,6-11,14-15,21,31H,4-5,12-13,16-17H2,(H,28,29);(H,6,7). The van der Waals surface area contributed by atoms with Crippen LogP contribution in [-0.4, -0.2) is 69.6 Å². The van der Waals surface area contributed by atoms with Gasteiger partial charge in [-0.3, -0.25) is 0 Å². The molecule has 3 heterocycles. The normalized spacial score (nSPS) is 14.6. The molecule has 0 radical (unpaired) electrons. The first-order valence-electron chi connectivity index (χ1n) is 12.3. The number of aliphatic hydroxyl groups excluding tert-OH is 1. The Morgan fingerprint density at radius 2 is 1.72 bits per heavy atom. The van der Waals surface area contributed by atoms with Gasteiger partial charge in [0.15, 0.2) is 0 Å². The van der Waals surface area contributed by atoms with E-state index in [0.717, 1.165) is 56.7 Å². The maximum absolute atomic E-state index is 10.6. The molecule has 11 heteroatoms. The van der Waals surface area contributed by atoms with Crippen LogP contribution in [0.15, 0.2) is 71.3 Å². The van der Waals surface area contributed by atoms with Crippen molar-refractivity contribution in [1.82, 2.24) is 14.9 Å². The second-order valence-corrected chi connectivity index (χ2v) is 10.0. The number of carbonyl (C=O) groups is 1.